The number of ketones is 3. The first-order valence-electron chi connectivity index (χ1n) is 12.9. The topological polar surface area (TPSA) is 135 Å². The summed E-state index contributed by atoms with van der Waals surface area (Å²) in [6.07, 6.45) is 1.83. The van der Waals surface area contributed by atoms with Crippen molar-refractivity contribution in [3.8, 4) is 5.75 Å². The Morgan fingerprint density at radius 3 is 2.41 bits per heavy atom. The van der Waals surface area contributed by atoms with Gasteiger partial charge in [-0.25, -0.2) is 0 Å². The molecule has 8 heteroatoms. The largest absolute Gasteiger partial charge is 0.508 e. The van der Waals surface area contributed by atoms with E-state index in [1.807, 2.05) is 40.9 Å². The van der Waals surface area contributed by atoms with Gasteiger partial charge in [0.25, 0.3) is 0 Å². The summed E-state index contributed by atoms with van der Waals surface area (Å²) >= 11 is 0. The number of carbonyl (C=O) groups is 3. The minimum absolute atomic E-state index is 0.0402. The zero-order valence-electron chi connectivity index (χ0n) is 22.2. The van der Waals surface area contributed by atoms with Crippen LogP contribution in [0.5, 0.6) is 5.75 Å². The van der Waals surface area contributed by atoms with Gasteiger partial charge in [0.1, 0.15) is 22.8 Å². The summed E-state index contributed by atoms with van der Waals surface area (Å²) in [6.45, 7) is 6.30. The number of benzene rings is 1. The maximum absolute atomic E-state index is 13.8. The predicted molar refractivity (Wildman–Crippen MR) is 138 cm³/mol. The number of Topliss-reactive ketones (excluding diaryl/α,β-unsaturated/α-hetero) is 3. The molecule has 0 spiro atoms. The van der Waals surface area contributed by atoms with Gasteiger partial charge in [-0.1, -0.05) is 26.8 Å². The van der Waals surface area contributed by atoms with Crippen molar-refractivity contribution in [2.45, 2.75) is 64.9 Å². The maximum Gasteiger partial charge on any atom is 0.202 e. The van der Waals surface area contributed by atoms with Crippen molar-refractivity contribution in [1.82, 2.24) is 4.90 Å². The summed E-state index contributed by atoms with van der Waals surface area (Å²) in [5, 5.41) is 44.5. The second kappa shape index (κ2) is 9.40. The summed E-state index contributed by atoms with van der Waals surface area (Å²) in [5.74, 6) is -5.03. The van der Waals surface area contributed by atoms with Crippen LogP contribution in [0.1, 0.15) is 63.1 Å². The number of allylic oxidation sites excluding steroid dienone is 1. The standard InChI is InChI=1S/C29H37NO7/c1-28(2,3)14-21(33)24-20(32)13-17-11-16-12-18-15(7-6-10-30(4)5)8-9-19(31)23(18)25(34)22(16)26(35)29(17,37)27(24)36/h8-9,16-17,31,34,36-37H,6-7,10-14H2,1-5H3/t16-,17+,29+/m1/s1. The number of phenolic OH excluding ortho intramolecular Hbond substituents is 1. The summed E-state index contributed by atoms with van der Waals surface area (Å²) < 4.78 is 0. The predicted octanol–water partition coefficient (Wildman–Crippen LogP) is 3.44. The van der Waals surface area contributed by atoms with Crippen molar-refractivity contribution in [3.63, 3.8) is 0 Å². The number of aliphatic hydroxyl groups excluding tert-OH is 2. The number of hydrogen-bond donors (Lipinski definition) is 4. The highest BCUT2D eigenvalue weighted by atomic mass is 16.3. The second-order valence-electron chi connectivity index (χ2n) is 12.2. The van der Waals surface area contributed by atoms with Crippen LogP contribution >= 0.6 is 0 Å². The Bertz CT molecular complexity index is 1230. The van der Waals surface area contributed by atoms with E-state index in [0.29, 0.717) is 6.42 Å². The molecule has 4 rings (SSSR count). The molecule has 3 atom stereocenters. The van der Waals surface area contributed by atoms with Crippen LogP contribution in [0, 0.1) is 17.3 Å². The van der Waals surface area contributed by atoms with Crippen LogP contribution in [0.2, 0.25) is 0 Å². The van der Waals surface area contributed by atoms with Gasteiger partial charge in [0.2, 0.25) is 5.78 Å². The molecule has 0 saturated heterocycles. The van der Waals surface area contributed by atoms with E-state index in [4.69, 9.17) is 0 Å². The fourth-order valence-corrected chi connectivity index (χ4v) is 6.11. The van der Waals surface area contributed by atoms with Crippen LogP contribution in [0.15, 0.2) is 29.0 Å². The summed E-state index contributed by atoms with van der Waals surface area (Å²) in [6, 6.07) is 3.32. The number of rotatable bonds is 6. The summed E-state index contributed by atoms with van der Waals surface area (Å²) in [7, 11) is 3.97. The number of aliphatic hydroxyl groups is 3. The molecule has 1 aromatic carbocycles. The number of aryl methyl sites for hydroxylation is 1. The smallest absolute Gasteiger partial charge is 0.202 e. The third-order valence-corrected chi connectivity index (χ3v) is 7.82. The van der Waals surface area contributed by atoms with Gasteiger partial charge in [-0.2, -0.15) is 0 Å². The van der Waals surface area contributed by atoms with Gasteiger partial charge < -0.3 is 25.3 Å². The first-order chi connectivity index (χ1) is 17.2. The molecule has 0 amide bonds. The van der Waals surface area contributed by atoms with Gasteiger partial charge in [0.15, 0.2) is 17.2 Å². The highest BCUT2D eigenvalue weighted by Gasteiger charge is 2.60. The van der Waals surface area contributed by atoms with Crippen LogP contribution in [0.25, 0.3) is 5.76 Å². The molecule has 4 N–H and O–H groups in total. The van der Waals surface area contributed by atoms with Gasteiger partial charge in [-0.15, -0.1) is 0 Å². The van der Waals surface area contributed by atoms with E-state index in [9.17, 15) is 34.8 Å². The van der Waals surface area contributed by atoms with E-state index in [2.05, 4.69) is 4.90 Å². The molecule has 200 valence electrons. The average Bonchev–Trinajstić information content (AvgIpc) is 2.76. The van der Waals surface area contributed by atoms with E-state index in [1.54, 1.807) is 0 Å². The quantitative estimate of drug-likeness (QED) is 0.427. The molecular formula is C29H37NO7. The van der Waals surface area contributed by atoms with E-state index >= 15 is 0 Å². The number of phenols is 1. The van der Waals surface area contributed by atoms with E-state index in [0.717, 1.165) is 30.5 Å². The molecule has 0 unspecified atom stereocenters. The van der Waals surface area contributed by atoms with Crippen molar-refractivity contribution < 1.29 is 34.8 Å². The summed E-state index contributed by atoms with van der Waals surface area (Å²) in [5.41, 5.74) is -1.66. The van der Waals surface area contributed by atoms with Gasteiger partial charge in [-0.3, -0.25) is 14.4 Å². The molecule has 0 radical (unpaired) electrons. The van der Waals surface area contributed by atoms with Crippen molar-refractivity contribution in [2.24, 2.45) is 17.3 Å². The van der Waals surface area contributed by atoms with E-state index < -0.39 is 57.3 Å². The molecule has 8 nitrogen and oxygen atoms in total. The molecule has 0 heterocycles. The van der Waals surface area contributed by atoms with Crippen molar-refractivity contribution in [1.29, 1.82) is 0 Å². The summed E-state index contributed by atoms with van der Waals surface area (Å²) in [4.78, 5) is 41.7. The Kier molecular flexibility index (Phi) is 6.88. The fourth-order valence-electron chi connectivity index (χ4n) is 6.11. The maximum atomic E-state index is 13.8. The first kappa shape index (κ1) is 27.1. The van der Waals surface area contributed by atoms with Gasteiger partial charge in [-0.05, 0) is 74.8 Å². The normalized spacial score (nSPS) is 25.8. The molecule has 3 aliphatic carbocycles. The van der Waals surface area contributed by atoms with Crippen LogP contribution in [-0.4, -0.2) is 68.9 Å². The molecule has 0 aliphatic heterocycles. The molecule has 1 aromatic rings. The SMILES string of the molecule is CN(C)CCCc1ccc(O)c2c1C[C@H]1C[C@H]3CC(=O)C(C(=O)CC(C)(C)C)=C(O)[C@@]3(O)C(=O)C1=C2O. The van der Waals surface area contributed by atoms with Crippen molar-refractivity contribution in [2.75, 3.05) is 20.6 Å². The molecule has 0 aromatic heterocycles. The number of fused-ring (bicyclic) bond motifs is 3. The van der Waals surface area contributed by atoms with Crippen LogP contribution in [0.3, 0.4) is 0 Å². The molecule has 0 bridgehead atoms. The lowest BCUT2D eigenvalue weighted by atomic mass is 9.58. The Balaban J connectivity index is 1.79. The van der Waals surface area contributed by atoms with E-state index in [-0.39, 0.29) is 36.1 Å². The van der Waals surface area contributed by atoms with E-state index in [1.165, 1.54) is 6.07 Å². The number of hydrogen-bond acceptors (Lipinski definition) is 8. The third kappa shape index (κ3) is 4.61. The minimum Gasteiger partial charge on any atom is -0.508 e. The van der Waals surface area contributed by atoms with Crippen LogP contribution < -0.4 is 0 Å². The molecule has 1 saturated carbocycles. The van der Waals surface area contributed by atoms with Crippen molar-refractivity contribution >= 4 is 23.1 Å². The zero-order chi connectivity index (χ0) is 27.4. The Morgan fingerprint density at radius 1 is 1.11 bits per heavy atom. The Labute approximate surface area is 217 Å². The van der Waals surface area contributed by atoms with Crippen LogP contribution in [0.4, 0.5) is 0 Å². The fraction of sp³-hybridized carbons (Fsp3) is 0.552. The Morgan fingerprint density at radius 2 is 1.78 bits per heavy atom. The van der Waals surface area contributed by atoms with Gasteiger partial charge in [0.05, 0.1) is 5.56 Å². The number of aromatic hydroxyl groups is 1. The third-order valence-electron chi connectivity index (χ3n) is 7.82. The molecular weight excluding hydrogens is 474 g/mol. The highest BCUT2D eigenvalue weighted by Crippen LogP contribution is 2.52. The van der Waals surface area contributed by atoms with Gasteiger partial charge >= 0.3 is 0 Å². The molecule has 37 heavy (non-hydrogen) atoms. The second-order valence-corrected chi connectivity index (χ2v) is 12.2. The zero-order valence-corrected chi connectivity index (χ0v) is 22.2. The van der Waals surface area contributed by atoms with Crippen molar-refractivity contribution in [3.05, 3.63) is 45.7 Å². The number of nitrogens with zero attached hydrogens (tertiary/aromatic N) is 1. The number of carbonyl (C=O) groups excluding carboxylic acids is 3. The minimum atomic E-state index is -2.48. The average molecular weight is 512 g/mol. The highest BCUT2D eigenvalue weighted by molar-refractivity contribution is 6.23. The molecule has 3 aliphatic rings. The first-order valence-corrected chi connectivity index (χ1v) is 12.9. The lowest BCUT2D eigenvalue weighted by Crippen LogP contribution is -2.58. The van der Waals surface area contributed by atoms with Crippen LogP contribution in [-0.2, 0) is 27.2 Å². The Hall–Kier alpha value is -2.97. The lowest BCUT2D eigenvalue weighted by molar-refractivity contribution is -0.147. The lowest BCUT2D eigenvalue weighted by Gasteiger charge is -2.46. The monoisotopic (exact) mass is 511 g/mol. The van der Waals surface area contributed by atoms with Gasteiger partial charge in [0, 0.05) is 24.3 Å². The molecule has 1 fully saturated rings.